The smallest absolute Gasteiger partial charge is 0.191 e. The lowest BCUT2D eigenvalue weighted by atomic mass is 10.2. The zero-order valence-electron chi connectivity index (χ0n) is 15.5. The van der Waals surface area contributed by atoms with Crippen LogP contribution in [0.3, 0.4) is 0 Å². The largest absolute Gasteiger partial charge is 0.493 e. The normalized spacial score (nSPS) is 10.9. The van der Waals surface area contributed by atoms with Crippen LogP contribution in [0.1, 0.15) is 21.1 Å². The van der Waals surface area contributed by atoms with Crippen LogP contribution >= 0.6 is 51.2 Å². The summed E-state index contributed by atoms with van der Waals surface area (Å²) in [5.74, 6) is 2.09. The quantitative estimate of drug-likeness (QED) is 0.321. The van der Waals surface area contributed by atoms with Gasteiger partial charge in [0.15, 0.2) is 17.5 Å². The molecule has 0 saturated carbocycles. The number of hydrogen-bond donors (Lipinski definition) is 2. The van der Waals surface area contributed by atoms with Crippen LogP contribution in [0, 0.1) is 13.8 Å². The highest BCUT2D eigenvalue weighted by Crippen LogP contribution is 2.36. The third-order valence-corrected chi connectivity index (χ3v) is 5.32. The summed E-state index contributed by atoms with van der Waals surface area (Å²) in [6, 6.07) is 3.94. The molecule has 2 rings (SSSR count). The summed E-state index contributed by atoms with van der Waals surface area (Å²) in [6.07, 6.45) is 0. The Balaban J connectivity index is 0.00000338. The van der Waals surface area contributed by atoms with E-state index in [0.29, 0.717) is 24.6 Å². The molecule has 0 radical (unpaired) electrons. The summed E-state index contributed by atoms with van der Waals surface area (Å²) in [4.78, 5) is 10.0. The molecule has 2 aromatic rings. The van der Waals surface area contributed by atoms with Crippen molar-refractivity contribution in [2.75, 3.05) is 21.3 Å². The first-order valence-electron chi connectivity index (χ1n) is 7.76. The minimum atomic E-state index is 0. The average Bonchev–Trinajstić information content (AvgIpc) is 2.92. The second-order valence-corrected chi connectivity index (χ2v) is 7.48. The molecule has 1 aromatic carbocycles. The van der Waals surface area contributed by atoms with Gasteiger partial charge in [0.25, 0.3) is 0 Å². The van der Waals surface area contributed by atoms with Gasteiger partial charge in [0.05, 0.1) is 30.9 Å². The van der Waals surface area contributed by atoms with Gasteiger partial charge in [0, 0.05) is 18.5 Å². The highest BCUT2D eigenvalue weighted by Gasteiger charge is 2.11. The molecule has 0 aliphatic carbocycles. The Kier molecular flexibility index (Phi) is 9.66. The second-order valence-electron chi connectivity index (χ2n) is 5.34. The molecule has 0 atom stereocenters. The molecular weight excluding hydrogens is 531 g/mol. The maximum atomic E-state index is 5.37. The van der Waals surface area contributed by atoms with Crippen LogP contribution in [-0.2, 0) is 13.1 Å². The molecule has 26 heavy (non-hydrogen) atoms. The number of ether oxygens (including phenoxy) is 2. The minimum Gasteiger partial charge on any atom is -0.493 e. The van der Waals surface area contributed by atoms with Crippen LogP contribution in [0.4, 0.5) is 0 Å². The summed E-state index contributed by atoms with van der Waals surface area (Å²) in [5.41, 5.74) is 2.13. The summed E-state index contributed by atoms with van der Waals surface area (Å²) >= 11 is 5.21. The number of hydrogen-bond acceptors (Lipinski definition) is 5. The maximum absolute atomic E-state index is 5.37. The number of nitrogens with one attached hydrogen (secondary N) is 2. The molecule has 0 aliphatic heterocycles. The lowest BCUT2D eigenvalue weighted by Crippen LogP contribution is -2.36. The molecule has 0 saturated heterocycles. The Morgan fingerprint density at radius 3 is 2.42 bits per heavy atom. The van der Waals surface area contributed by atoms with Gasteiger partial charge in [0.1, 0.15) is 5.01 Å². The second kappa shape index (κ2) is 10.9. The van der Waals surface area contributed by atoms with E-state index in [2.05, 4.69) is 43.5 Å². The summed E-state index contributed by atoms with van der Waals surface area (Å²) in [6.45, 7) is 5.36. The predicted octanol–water partition coefficient (Wildman–Crippen LogP) is 4.02. The number of guanidine groups is 1. The van der Waals surface area contributed by atoms with E-state index in [1.54, 1.807) is 32.6 Å². The van der Waals surface area contributed by atoms with Crippen LogP contribution in [0.15, 0.2) is 21.6 Å². The summed E-state index contributed by atoms with van der Waals surface area (Å²) < 4.78 is 11.6. The topological polar surface area (TPSA) is 67.8 Å². The molecule has 1 heterocycles. The fourth-order valence-electron chi connectivity index (χ4n) is 2.25. The van der Waals surface area contributed by atoms with E-state index in [0.717, 1.165) is 26.7 Å². The predicted molar refractivity (Wildman–Crippen MR) is 121 cm³/mol. The van der Waals surface area contributed by atoms with Crippen LogP contribution < -0.4 is 20.1 Å². The van der Waals surface area contributed by atoms with E-state index in [1.165, 1.54) is 4.88 Å². The lowest BCUT2D eigenvalue weighted by Gasteiger charge is -2.14. The van der Waals surface area contributed by atoms with Crippen LogP contribution in [-0.4, -0.2) is 32.2 Å². The van der Waals surface area contributed by atoms with Gasteiger partial charge in [-0.05, 0) is 47.5 Å². The third-order valence-electron chi connectivity index (χ3n) is 3.66. The van der Waals surface area contributed by atoms with E-state index in [1.807, 2.05) is 19.1 Å². The number of aliphatic imine (C=N–C) groups is 1. The molecule has 0 unspecified atom stereocenters. The first kappa shape index (κ1) is 23.0. The van der Waals surface area contributed by atoms with Crippen molar-refractivity contribution >= 4 is 57.2 Å². The number of methoxy groups -OCH3 is 2. The van der Waals surface area contributed by atoms with E-state index in [9.17, 15) is 0 Å². The highest BCUT2D eigenvalue weighted by atomic mass is 127. The van der Waals surface area contributed by atoms with Crippen LogP contribution in [0.2, 0.25) is 0 Å². The summed E-state index contributed by atoms with van der Waals surface area (Å²) in [5, 5.41) is 7.62. The Morgan fingerprint density at radius 2 is 1.88 bits per heavy atom. The van der Waals surface area contributed by atoms with Gasteiger partial charge in [-0.2, -0.15) is 0 Å². The van der Waals surface area contributed by atoms with Crippen molar-refractivity contribution in [1.82, 2.24) is 15.6 Å². The molecule has 9 heteroatoms. The van der Waals surface area contributed by atoms with Crippen molar-refractivity contribution < 1.29 is 9.47 Å². The molecule has 0 amide bonds. The first-order chi connectivity index (χ1) is 12.0. The third kappa shape index (κ3) is 5.98. The number of aromatic nitrogens is 1. The Bertz CT molecular complexity index is 748. The van der Waals surface area contributed by atoms with Crippen molar-refractivity contribution in [3.63, 3.8) is 0 Å². The molecule has 2 N–H and O–H groups in total. The summed E-state index contributed by atoms with van der Waals surface area (Å²) in [7, 11) is 4.99. The van der Waals surface area contributed by atoms with Gasteiger partial charge in [-0.1, -0.05) is 0 Å². The zero-order chi connectivity index (χ0) is 18.4. The van der Waals surface area contributed by atoms with Crippen molar-refractivity contribution in [2.24, 2.45) is 4.99 Å². The Labute approximate surface area is 184 Å². The van der Waals surface area contributed by atoms with E-state index in [-0.39, 0.29) is 24.0 Å². The number of rotatable bonds is 6. The molecule has 0 bridgehead atoms. The average molecular weight is 555 g/mol. The van der Waals surface area contributed by atoms with Crippen LogP contribution in [0.25, 0.3) is 0 Å². The zero-order valence-corrected chi connectivity index (χ0v) is 20.2. The standard InChI is InChI=1S/C17H23BrN4O2S.HI/c1-10-11(2)25-15(22-10)9-21-17(19-3)20-8-12-6-13(18)16(24-5)14(7-12)23-4;/h6-7H,8-9H2,1-5H3,(H2,19,20,21);1H. The number of halogens is 2. The molecular formula is C17H24BrIN4O2S. The molecule has 6 nitrogen and oxygen atoms in total. The minimum absolute atomic E-state index is 0. The highest BCUT2D eigenvalue weighted by molar-refractivity contribution is 14.0. The number of thiazole rings is 1. The first-order valence-corrected chi connectivity index (χ1v) is 9.37. The molecule has 0 aliphatic rings. The van der Waals surface area contributed by atoms with Gasteiger partial charge >= 0.3 is 0 Å². The fourth-order valence-corrected chi connectivity index (χ4v) is 3.78. The van der Waals surface area contributed by atoms with Crippen molar-refractivity contribution in [3.05, 3.63) is 37.7 Å². The number of benzene rings is 1. The van der Waals surface area contributed by atoms with Crippen molar-refractivity contribution in [2.45, 2.75) is 26.9 Å². The Morgan fingerprint density at radius 1 is 1.19 bits per heavy atom. The van der Waals surface area contributed by atoms with Crippen LogP contribution in [0.5, 0.6) is 11.5 Å². The van der Waals surface area contributed by atoms with Crippen molar-refractivity contribution in [3.8, 4) is 11.5 Å². The Hall–Kier alpha value is -1.07. The van der Waals surface area contributed by atoms with E-state index >= 15 is 0 Å². The molecule has 0 spiro atoms. The van der Waals surface area contributed by atoms with Gasteiger partial charge in [-0.3, -0.25) is 4.99 Å². The van der Waals surface area contributed by atoms with E-state index < -0.39 is 0 Å². The van der Waals surface area contributed by atoms with Crippen molar-refractivity contribution in [1.29, 1.82) is 0 Å². The SMILES string of the molecule is CN=C(NCc1cc(Br)c(OC)c(OC)c1)NCc1nc(C)c(C)s1.I. The van der Waals surface area contributed by atoms with Gasteiger partial charge in [-0.15, -0.1) is 35.3 Å². The number of aryl methyl sites for hydroxylation is 2. The lowest BCUT2D eigenvalue weighted by molar-refractivity contribution is 0.352. The molecule has 0 fully saturated rings. The molecule has 144 valence electrons. The van der Waals surface area contributed by atoms with Gasteiger partial charge < -0.3 is 20.1 Å². The molecule has 1 aromatic heterocycles. The van der Waals surface area contributed by atoms with Gasteiger partial charge in [0.2, 0.25) is 0 Å². The van der Waals surface area contributed by atoms with Gasteiger partial charge in [-0.25, -0.2) is 4.98 Å². The fraction of sp³-hybridized carbons (Fsp3) is 0.412. The maximum Gasteiger partial charge on any atom is 0.191 e. The monoisotopic (exact) mass is 554 g/mol. The van der Waals surface area contributed by atoms with E-state index in [4.69, 9.17) is 9.47 Å². The number of nitrogens with zero attached hydrogens (tertiary/aromatic N) is 2.